The Hall–Kier alpha value is -3.15. The van der Waals surface area contributed by atoms with Crippen molar-refractivity contribution in [2.75, 3.05) is 21.2 Å². The Morgan fingerprint density at radius 3 is 2.50 bits per heavy atom. The largest absolute Gasteiger partial charge is 0.497 e. The first kappa shape index (κ1) is 29.1. The lowest BCUT2D eigenvalue weighted by Crippen LogP contribution is -2.21. The van der Waals surface area contributed by atoms with E-state index in [0.717, 1.165) is 61.8 Å². The van der Waals surface area contributed by atoms with Crippen LogP contribution in [0.1, 0.15) is 76.2 Å². The van der Waals surface area contributed by atoms with Gasteiger partial charge in [-0.3, -0.25) is 14.4 Å². The molecule has 0 aliphatic heterocycles. The van der Waals surface area contributed by atoms with Crippen LogP contribution < -0.4 is 4.74 Å². The van der Waals surface area contributed by atoms with Crippen LogP contribution in [0, 0.1) is 5.92 Å². The minimum Gasteiger partial charge on any atom is -0.497 e. The maximum atomic E-state index is 12.4. The van der Waals surface area contributed by atoms with Crippen LogP contribution in [0.4, 0.5) is 0 Å². The third-order valence-corrected chi connectivity index (χ3v) is 6.54. The van der Waals surface area contributed by atoms with Crippen LogP contribution in [-0.4, -0.2) is 48.9 Å². The van der Waals surface area contributed by atoms with E-state index >= 15 is 0 Å². The van der Waals surface area contributed by atoms with E-state index < -0.39 is 11.9 Å². The van der Waals surface area contributed by atoms with Crippen LogP contribution >= 0.6 is 0 Å². The number of carbonyl (C=O) groups excluding carboxylic acids is 2. The first-order valence-electron chi connectivity index (χ1n) is 13.0. The molecule has 1 aliphatic carbocycles. The Kier molecular flexibility index (Phi) is 12.7. The molecule has 0 fully saturated rings. The standard InChI is InChI=1S/C30H41NO5/c1-31(2)29(33)14-10-6-8-12-24-17-20-28(32)26(21-24)22-25(30(34)35)13-9-5-4-7-11-23-15-18-27(36-3)19-16-23/h7,11,15-19,21,25H,4-6,8-10,12-14,20,22H2,1-3H3,(H,34,35)/b11-7+. The second-order valence-electron chi connectivity index (χ2n) is 9.62. The number of carbonyl (C=O) groups is 3. The van der Waals surface area contributed by atoms with Gasteiger partial charge in [-0.2, -0.15) is 0 Å². The summed E-state index contributed by atoms with van der Waals surface area (Å²) >= 11 is 0. The summed E-state index contributed by atoms with van der Waals surface area (Å²) < 4.78 is 5.16. The van der Waals surface area contributed by atoms with Gasteiger partial charge in [0.15, 0.2) is 5.78 Å². The van der Waals surface area contributed by atoms with Crippen LogP contribution in [0.3, 0.4) is 0 Å². The molecule has 1 aromatic carbocycles. The van der Waals surface area contributed by atoms with Gasteiger partial charge in [0.05, 0.1) is 13.0 Å². The van der Waals surface area contributed by atoms with Crippen molar-refractivity contribution in [1.29, 1.82) is 0 Å². The van der Waals surface area contributed by atoms with E-state index in [1.165, 1.54) is 0 Å². The maximum absolute atomic E-state index is 12.4. The van der Waals surface area contributed by atoms with Crippen molar-refractivity contribution < 1.29 is 24.2 Å². The van der Waals surface area contributed by atoms with Gasteiger partial charge in [0.25, 0.3) is 0 Å². The summed E-state index contributed by atoms with van der Waals surface area (Å²) in [4.78, 5) is 37.6. The number of unbranched alkanes of at least 4 members (excludes halogenated alkanes) is 4. The minimum absolute atomic E-state index is 0.0315. The van der Waals surface area contributed by atoms with Gasteiger partial charge in [0, 0.05) is 26.9 Å². The fourth-order valence-corrected chi connectivity index (χ4v) is 4.24. The van der Waals surface area contributed by atoms with Crippen molar-refractivity contribution in [3.8, 4) is 5.75 Å². The highest BCUT2D eigenvalue weighted by Gasteiger charge is 2.23. The number of hydrogen-bond acceptors (Lipinski definition) is 4. The molecular weight excluding hydrogens is 454 g/mol. The first-order valence-corrected chi connectivity index (χ1v) is 13.0. The van der Waals surface area contributed by atoms with Crippen molar-refractivity contribution in [2.45, 2.75) is 70.6 Å². The second kappa shape index (κ2) is 15.8. The molecule has 0 saturated carbocycles. The summed E-state index contributed by atoms with van der Waals surface area (Å²) in [5.41, 5.74) is 2.85. The number of amides is 1. The number of nitrogens with zero attached hydrogens (tertiary/aromatic N) is 1. The van der Waals surface area contributed by atoms with E-state index in [9.17, 15) is 19.5 Å². The lowest BCUT2D eigenvalue weighted by Gasteiger charge is -2.17. The van der Waals surface area contributed by atoms with Crippen molar-refractivity contribution >= 4 is 23.7 Å². The van der Waals surface area contributed by atoms with Gasteiger partial charge in [-0.15, -0.1) is 0 Å². The number of benzene rings is 1. The predicted octanol–water partition coefficient (Wildman–Crippen LogP) is 6.22. The molecule has 6 nitrogen and oxygen atoms in total. The third kappa shape index (κ3) is 10.6. The number of ether oxygens (including phenoxy) is 1. The van der Waals surface area contributed by atoms with Crippen molar-refractivity contribution in [2.24, 2.45) is 5.92 Å². The van der Waals surface area contributed by atoms with Crippen molar-refractivity contribution in [1.82, 2.24) is 4.90 Å². The number of ketones is 1. The van der Waals surface area contributed by atoms with E-state index in [1.54, 1.807) is 26.1 Å². The minimum atomic E-state index is -0.834. The lowest BCUT2D eigenvalue weighted by molar-refractivity contribution is -0.142. The highest BCUT2D eigenvalue weighted by molar-refractivity contribution is 5.98. The van der Waals surface area contributed by atoms with Gasteiger partial charge >= 0.3 is 5.97 Å². The number of allylic oxidation sites excluding steroid dienone is 5. The molecule has 0 radical (unpaired) electrons. The SMILES string of the molecule is COc1ccc(/C=C/CCCCC(CC2=CC(CCCCCC(=O)N(C)C)=CCC2=O)C(=O)O)cc1. The van der Waals surface area contributed by atoms with Gasteiger partial charge in [-0.05, 0) is 68.2 Å². The number of carboxylic acid groups (broad SMARTS) is 1. The van der Waals surface area contributed by atoms with Crippen LogP contribution in [0.2, 0.25) is 0 Å². The average molecular weight is 496 g/mol. The molecule has 2 rings (SSSR count). The first-order chi connectivity index (χ1) is 17.3. The highest BCUT2D eigenvalue weighted by atomic mass is 16.5. The predicted molar refractivity (Wildman–Crippen MR) is 144 cm³/mol. The highest BCUT2D eigenvalue weighted by Crippen LogP contribution is 2.27. The molecular formula is C30H41NO5. The summed E-state index contributed by atoms with van der Waals surface area (Å²) in [5, 5.41) is 9.73. The Morgan fingerprint density at radius 2 is 1.83 bits per heavy atom. The average Bonchev–Trinajstić information content (AvgIpc) is 2.86. The molecule has 1 aromatic rings. The molecule has 196 valence electrons. The maximum Gasteiger partial charge on any atom is 0.306 e. The summed E-state index contributed by atoms with van der Waals surface area (Å²) in [5.74, 6) is -0.368. The molecule has 1 amide bonds. The third-order valence-electron chi connectivity index (χ3n) is 6.54. The Balaban J connectivity index is 1.75. The van der Waals surface area contributed by atoms with Crippen molar-refractivity contribution in [3.05, 3.63) is 59.2 Å². The molecule has 0 aromatic heterocycles. The number of hydrogen-bond donors (Lipinski definition) is 1. The Bertz CT molecular complexity index is 956. The smallest absolute Gasteiger partial charge is 0.306 e. The molecule has 1 N–H and O–H groups in total. The summed E-state index contributed by atoms with van der Waals surface area (Å²) in [6, 6.07) is 7.85. The summed E-state index contributed by atoms with van der Waals surface area (Å²) in [7, 11) is 5.18. The molecule has 1 unspecified atom stereocenters. The number of aliphatic carboxylic acids is 1. The number of Topliss-reactive ketones (excluding diaryl/α,β-unsaturated/α-hetero) is 1. The van der Waals surface area contributed by atoms with E-state index in [1.807, 2.05) is 36.4 Å². The molecule has 1 aliphatic rings. The Labute approximate surface area is 215 Å². The zero-order chi connectivity index (χ0) is 26.3. The Morgan fingerprint density at radius 1 is 1.08 bits per heavy atom. The zero-order valence-electron chi connectivity index (χ0n) is 22.0. The molecule has 0 saturated heterocycles. The number of rotatable bonds is 16. The van der Waals surface area contributed by atoms with E-state index in [4.69, 9.17) is 4.74 Å². The van der Waals surface area contributed by atoms with Crippen LogP contribution in [0.25, 0.3) is 6.08 Å². The summed E-state index contributed by atoms with van der Waals surface area (Å²) in [6.45, 7) is 0. The molecule has 1 atom stereocenters. The van der Waals surface area contributed by atoms with Gasteiger partial charge in [-0.25, -0.2) is 0 Å². The quantitative estimate of drug-likeness (QED) is 0.275. The van der Waals surface area contributed by atoms with Crippen LogP contribution in [0.5, 0.6) is 5.75 Å². The monoisotopic (exact) mass is 495 g/mol. The van der Waals surface area contributed by atoms with Crippen LogP contribution in [0.15, 0.2) is 53.6 Å². The summed E-state index contributed by atoms with van der Waals surface area (Å²) in [6.07, 6.45) is 16.0. The normalized spacial score (nSPS) is 14.4. The zero-order valence-corrected chi connectivity index (χ0v) is 22.0. The van der Waals surface area contributed by atoms with Gasteiger partial charge in [-0.1, -0.05) is 54.9 Å². The number of methoxy groups -OCH3 is 1. The fraction of sp³-hybridized carbons (Fsp3) is 0.500. The van der Waals surface area contributed by atoms with Gasteiger partial charge in [0.1, 0.15) is 5.75 Å². The van der Waals surface area contributed by atoms with E-state index in [-0.39, 0.29) is 11.7 Å². The molecule has 0 spiro atoms. The molecule has 6 heteroatoms. The van der Waals surface area contributed by atoms with Gasteiger partial charge < -0.3 is 14.7 Å². The molecule has 36 heavy (non-hydrogen) atoms. The van der Waals surface area contributed by atoms with Crippen LogP contribution in [-0.2, 0) is 14.4 Å². The van der Waals surface area contributed by atoms with E-state index in [0.29, 0.717) is 31.3 Å². The van der Waals surface area contributed by atoms with E-state index in [2.05, 4.69) is 12.2 Å². The topological polar surface area (TPSA) is 83.9 Å². The number of carboxylic acids is 1. The molecule has 0 bridgehead atoms. The molecule has 0 heterocycles. The lowest BCUT2D eigenvalue weighted by atomic mass is 9.87. The fourth-order valence-electron chi connectivity index (χ4n) is 4.24. The second-order valence-corrected chi connectivity index (χ2v) is 9.62. The van der Waals surface area contributed by atoms with Crippen molar-refractivity contribution in [3.63, 3.8) is 0 Å². The van der Waals surface area contributed by atoms with Gasteiger partial charge in [0.2, 0.25) is 5.91 Å².